The second-order valence-electron chi connectivity index (χ2n) is 6.68. The summed E-state index contributed by atoms with van der Waals surface area (Å²) in [6.45, 7) is 9.71. The summed E-state index contributed by atoms with van der Waals surface area (Å²) in [6.07, 6.45) is 0.976. The second kappa shape index (κ2) is 10.9. The quantitative estimate of drug-likeness (QED) is 0.414. The number of rotatable bonds is 9. The van der Waals surface area contributed by atoms with Crippen LogP contribution in [-0.2, 0) is 11.3 Å². The first kappa shape index (κ1) is 20.3. The third-order valence-corrected chi connectivity index (χ3v) is 3.72. The number of aryl methyl sites for hydroxylation is 1. The third-order valence-electron chi connectivity index (χ3n) is 3.72. The molecule has 24 heavy (non-hydrogen) atoms. The van der Waals surface area contributed by atoms with Crippen LogP contribution in [0, 0.1) is 12.8 Å². The zero-order chi connectivity index (χ0) is 17.9. The third kappa shape index (κ3) is 7.68. The van der Waals surface area contributed by atoms with Gasteiger partial charge in [-0.1, -0.05) is 19.9 Å². The Bertz CT molecular complexity index is 512. The fraction of sp³-hybridized carbons (Fsp3) is 0.632. The summed E-state index contributed by atoms with van der Waals surface area (Å²) in [5.74, 6) is 1.42. The molecule has 136 valence electrons. The monoisotopic (exact) mass is 334 g/mol. The van der Waals surface area contributed by atoms with Crippen LogP contribution in [0.2, 0.25) is 0 Å². The Labute approximate surface area is 147 Å². The Morgan fingerprint density at radius 1 is 1.25 bits per heavy atom. The summed E-state index contributed by atoms with van der Waals surface area (Å²) < 4.78 is 5.58. The Balaban J connectivity index is 2.34. The average molecular weight is 335 g/mol. The highest BCUT2D eigenvalue weighted by Crippen LogP contribution is 2.17. The molecular weight excluding hydrogens is 300 g/mol. The number of hydrogen-bond donors (Lipinski definition) is 2. The largest absolute Gasteiger partial charge is 0.381 e. The summed E-state index contributed by atoms with van der Waals surface area (Å²) in [6, 6.07) is 6.52. The lowest BCUT2D eigenvalue weighted by Crippen LogP contribution is -2.37. The number of hydrogen-bond acceptors (Lipinski definition) is 3. The van der Waals surface area contributed by atoms with Gasteiger partial charge in [0.15, 0.2) is 5.96 Å². The van der Waals surface area contributed by atoms with Crippen LogP contribution in [0.15, 0.2) is 23.2 Å². The predicted molar refractivity (Wildman–Crippen MR) is 104 cm³/mol. The smallest absolute Gasteiger partial charge is 0.191 e. The van der Waals surface area contributed by atoms with Gasteiger partial charge < -0.3 is 20.3 Å². The van der Waals surface area contributed by atoms with Crippen LogP contribution in [0.5, 0.6) is 0 Å². The second-order valence-corrected chi connectivity index (χ2v) is 6.68. The zero-order valence-corrected chi connectivity index (χ0v) is 16.1. The molecule has 0 bridgehead atoms. The summed E-state index contributed by atoms with van der Waals surface area (Å²) >= 11 is 0. The van der Waals surface area contributed by atoms with E-state index in [1.54, 1.807) is 7.05 Å². The van der Waals surface area contributed by atoms with Crippen molar-refractivity contribution in [3.05, 3.63) is 29.3 Å². The van der Waals surface area contributed by atoms with E-state index in [4.69, 9.17) is 4.74 Å². The Morgan fingerprint density at radius 2 is 2.00 bits per heavy atom. The fourth-order valence-electron chi connectivity index (χ4n) is 2.26. The van der Waals surface area contributed by atoms with Crippen LogP contribution in [0.1, 0.15) is 31.4 Å². The Hall–Kier alpha value is -1.75. The van der Waals surface area contributed by atoms with Crippen LogP contribution in [0.25, 0.3) is 0 Å². The van der Waals surface area contributed by atoms with Gasteiger partial charge in [0.05, 0.1) is 0 Å². The number of nitrogens with zero attached hydrogens (tertiary/aromatic N) is 2. The lowest BCUT2D eigenvalue weighted by Gasteiger charge is -2.16. The first-order valence-electron chi connectivity index (χ1n) is 8.73. The molecule has 0 spiro atoms. The molecule has 5 nitrogen and oxygen atoms in total. The molecule has 0 radical (unpaired) electrons. The molecule has 0 heterocycles. The van der Waals surface area contributed by atoms with Crippen molar-refractivity contribution in [2.75, 3.05) is 45.8 Å². The topological polar surface area (TPSA) is 48.9 Å². The first-order chi connectivity index (χ1) is 11.4. The van der Waals surface area contributed by atoms with E-state index in [1.165, 1.54) is 16.8 Å². The van der Waals surface area contributed by atoms with Crippen molar-refractivity contribution >= 4 is 11.6 Å². The molecule has 0 aliphatic rings. The summed E-state index contributed by atoms with van der Waals surface area (Å²) in [5.41, 5.74) is 3.79. The minimum absolute atomic E-state index is 0.592. The van der Waals surface area contributed by atoms with E-state index in [0.717, 1.165) is 38.7 Å². The number of nitrogens with one attached hydrogen (secondary N) is 2. The molecule has 1 aromatic rings. The Kier molecular flexibility index (Phi) is 9.23. The first-order valence-corrected chi connectivity index (χ1v) is 8.73. The van der Waals surface area contributed by atoms with Gasteiger partial charge in [0.25, 0.3) is 0 Å². The molecular formula is C19H34N4O. The maximum atomic E-state index is 5.58. The summed E-state index contributed by atoms with van der Waals surface area (Å²) in [4.78, 5) is 6.39. The van der Waals surface area contributed by atoms with Crippen molar-refractivity contribution in [1.82, 2.24) is 10.6 Å². The van der Waals surface area contributed by atoms with Gasteiger partial charge in [-0.05, 0) is 42.5 Å². The zero-order valence-electron chi connectivity index (χ0n) is 16.1. The van der Waals surface area contributed by atoms with Crippen molar-refractivity contribution in [2.45, 2.75) is 33.7 Å². The molecule has 0 atom stereocenters. The summed E-state index contributed by atoms with van der Waals surface area (Å²) in [5, 5.41) is 6.70. The molecule has 1 rings (SSSR count). The highest BCUT2D eigenvalue weighted by Gasteiger charge is 2.03. The average Bonchev–Trinajstić information content (AvgIpc) is 2.54. The highest BCUT2D eigenvalue weighted by molar-refractivity contribution is 5.79. The van der Waals surface area contributed by atoms with Crippen LogP contribution in [-0.4, -0.2) is 46.9 Å². The van der Waals surface area contributed by atoms with Crippen molar-refractivity contribution < 1.29 is 4.74 Å². The lowest BCUT2D eigenvalue weighted by atomic mass is 10.1. The molecule has 1 aromatic carbocycles. The van der Waals surface area contributed by atoms with Gasteiger partial charge in [0.2, 0.25) is 0 Å². The van der Waals surface area contributed by atoms with Gasteiger partial charge >= 0.3 is 0 Å². The van der Waals surface area contributed by atoms with Crippen LogP contribution in [0.4, 0.5) is 5.69 Å². The van der Waals surface area contributed by atoms with Crippen molar-refractivity contribution in [2.24, 2.45) is 10.9 Å². The van der Waals surface area contributed by atoms with E-state index in [0.29, 0.717) is 5.92 Å². The van der Waals surface area contributed by atoms with Crippen LogP contribution >= 0.6 is 0 Å². The molecule has 0 aliphatic heterocycles. The van der Waals surface area contributed by atoms with Crippen LogP contribution in [0.3, 0.4) is 0 Å². The number of benzene rings is 1. The van der Waals surface area contributed by atoms with Crippen molar-refractivity contribution in [3.63, 3.8) is 0 Å². The maximum Gasteiger partial charge on any atom is 0.191 e. The minimum atomic E-state index is 0.592. The molecule has 2 N–H and O–H groups in total. The van der Waals surface area contributed by atoms with Crippen LogP contribution < -0.4 is 15.5 Å². The van der Waals surface area contributed by atoms with Gasteiger partial charge in [-0.15, -0.1) is 0 Å². The predicted octanol–water partition coefficient (Wildman–Crippen LogP) is 2.79. The summed E-state index contributed by atoms with van der Waals surface area (Å²) in [7, 11) is 5.92. The van der Waals surface area contributed by atoms with E-state index in [-0.39, 0.29) is 0 Å². The molecule has 5 heteroatoms. The van der Waals surface area contributed by atoms with Gasteiger partial charge in [0, 0.05) is 53.1 Å². The van der Waals surface area contributed by atoms with Crippen molar-refractivity contribution in [3.8, 4) is 0 Å². The number of ether oxygens (including phenoxy) is 1. The van der Waals surface area contributed by atoms with E-state index >= 15 is 0 Å². The number of anilines is 1. The van der Waals surface area contributed by atoms with Crippen molar-refractivity contribution in [1.29, 1.82) is 0 Å². The fourth-order valence-corrected chi connectivity index (χ4v) is 2.26. The SMILES string of the molecule is CN=C(NCCCOCC(C)C)NCc1ccc(N(C)C)cc1C. The Morgan fingerprint density at radius 3 is 2.58 bits per heavy atom. The lowest BCUT2D eigenvalue weighted by molar-refractivity contribution is 0.108. The van der Waals surface area contributed by atoms with Gasteiger partial charge in [0.1, 0.15) is 0 Å². The van der Waals surface area contributed by atoms with E-state index in [9.17, 15) is 0 Å². The molecule has 0 aliphatic carbocycles. The highest BCUT2D eigenvalue weighted by atomic mass is 16.5. The molecule has 0 aromatic heterocycles. The van der Waals surface area contributed by atoms with E-state index in [1.807, 2.05) is 0 Å². The van der Waals surface area contributed by atoms with Gasteiger partial charge in [-0.25, -0.2) is 0 Å². The van der Waals surface area contributed by atoms with Gasteiger partial charge in [-0.3, -0.25) is 4.99 Å². The molecule has 0 fully saturated rings. The normalized spacial score (nSPS) is 11.7. The molecule has 0 saturated carbocycles. The standard InChI is InChI=1S/C19H34N4O/c1-15(2)14-24-11-7-10-21-19(20-4)22-13-17-8-9-18(23(5)6)12-16(17)3/h8-9,12,15H,7,10-11,13-14H2,1-6H3,(H2,20,21,22). The van der Waals surface area contributed by atoms with E-state index < -0.39 is 0 Å². The molecule has 0 amide bonds. The molecule has 0 saturated heterocycles. The molecule has 0 unspecified atom stereocenters. The number of guanidine groups is 1. The number of aliphatic imine (C=N–C) groups is 1. The van der Waals surface area contributed by atoms with E-state index in [2.05, 4.69) is 73.6 Å². The van der Waals surface area contributed by atoms with Gasteiger partial charge in [-0.2, -0.15) is 0 Å². The maximum absolute atomic E-state index is 5.58. The minimum Gasteiger partial charge on any atom is -0.381 e.